The molecule has 2 nitrogen and oxygen atoms in total. The van der Waals surface area contributed by atoms with Crippen molar-refractivity contribution in [1.29, 1.82) is 0 Å². The molecule has 0 amide bonds. The highest BCUT2D eigenvalue weighted by atomic mass is 16.1. The van der Waals surface area contributed by atoms with Gasteiger partial charge in [0, 0.05) is 11.6 Å². The zero-order valence-electron chi connectivity index (χ0n) is 18.1. The maximum atomic E-state index is 14.4. The maximum Gasteiger partial charge on any atom is 0.178 e. The van der Waals surface area contributed by atoms with Crippen LogP contribution in [0.25, 0.3) is 0 Å². The Morgan fingerprint density at radius 1 is 0.828 bits per heavy atom. The Hall–Kier alpha value is -2.71. The van der Waals surface area contributed by atoms with Gasteiger partial charge in [-0.25, -0.2) is 0 Å². The largest absolute Gasteiger partial charge is 0.307 e. The van der Waals surface area contributed by atoms with Gasteiger partial charge in [0.25, 0.3) is 0 Å². The van der Waals surface area contributed by atoms with Crippen LogP contribution in [-0.4, -0.2) is 30.8 Å². The molecule has 0 aliphatic rings. The Kier molecular flexibility index (Phi) is 6.34. The summed E-state index contributed by atoms with van der Waals surface area (Å²) in [5, 5.41) is 0. The van der Waals surface area contributed by atoms with Gasteiger partial charge in [-0.15, -0.1) is 0 Å². The number of ketones is 1. The van der Waals surface area contributed by atoms with E-state index in [1.807, 2.05) is 48.5 Å². The number of hydrogen-bond donors (Lipinski definition) is 0. The third-order valence-corrected chi connectivity index (χ3v) is 6.25. The molecule has 0 aliphatic carbocycles. The minimum Gasteiger partial charge on any atom is -0.307 e. The van der Waals surface area contributed by atoms with Crippen molar-refractivity contribution in [2.45, 2.75) is 38.6 Å². The summed E-state index contributed by atoms with van der Waals surface area (Å²) in [6, 6.07) is 26.8. The lowest BCUT2D eigenvalue weighted by Gasteiger charge is -2.38. The molecule has 150 valence electrons. The van der Waals surface area contributed by atoms with Crippen molar-refractivity contribution in [1.82, 2.24) is 4.90 Å². The lowest BCUT2D eigenvalue weighted by Crippen LogP contribution is -2.43. The first-order valence-electron chi connectivity index (χ1n) is 10.3. The highest BCUT2D eigenvalue weighted by Crippen LogP contribution is 2.41. The Bertz CT molecular complexity index is 921. The van der Waals surface area contributed by atoms with E-state index in [1.54, 1.807) is 0 Å². The summed E-state index contributed by atoms with van der Waals surface area (Å²) in [5.41, 5.74) is 4.36. The number of rotatable bonds is 7. The number of Topliss-reactive ketones (excluding diaryl/α,β-unsaturated/α-hetero) is 1. The fraction of sp³-hybridized carbons (Fsp3) is 0.296. The molecule has 2 heteroatoms. The molecule has 0 spiro atoms. The predicted molar refractivity (Wildman–Crippen MR) is 122 cm³/mol. The first kappa shape index (κ1) is 21.0. The van der Waals surface area contributed by atoms with Gasteiger partial charge in [-0.05, 0) is 63.5 Å². The molecule has 3 aromatic carbocycles. The molecule has 3 aromatic rings. The van der Waals surface area contributed by atoms with E-state index in [1.165, 1.54) is 0 Å². The molecule has 0 heterocycles. The second-order valence-electron chi connectivity index (χ2n) is 8.23. The molecule has 1 atom stereocenters. The molecular weight excluding hydrogens is 354 g/mol. The molecule has 0 fully saturated rings. The molecular formula is C27H31NO. The average molecular weight is 386 g/mol. The monoisotopic (exact) mass is 385 g/mol. The number of nitrogens with zero attached hydrogens (tertiary/aromatic N) is 1. The molecule has 0 unspecified atom stereocenters. The molecule has 0 aliphatic heterocycles. The van der Waals surface area contributed by atoms with Crippen LogP contribution in [-0.2, 0) is 5.41 Å². The van der Waals surface area contributed by atoms with Crippen molar-refractivity contribution in [3.63, 3.8) is 0 Å². The number of carbonyl (C=O) groups excluding carboxylic acids is 1. The van der Waals surface area contributed by atoms with E-state index in [-0.39, 0.29) is 11.8 Å². The molecule has 0 bridgehead atoms. The van der Waals surface area contributed by atoms with E-state index in [9.17, 15) is 4.79 Å². The number of aryl methyl sites for hydroxylation is 1. The quantitative estimate of drug-likeness (QED) is 0.478. The minimum atomic E-state index is -0.745. The zero-order chi connectivity index (χ0) is 21.0. The summed E-state index contributed by atoms with van der Waals surface area (Å²) in [6.07, 6.45) is 0.709. The topological polar surface area (TPSA) is 20.3 Å². The lowest BCUT2D eigenvalue weighted by molar-refractivity contribution is 0.0881. The fourth-order valence-corrected chi connectivity index (χ4v) is 4.06. The van der Waals surface area contributed by atoms with E-state index in [2.05, 4.69) is 70.1 Å². The average Bonchev–Trinajstić information content (AvgIpc) is 2.74. The first-order valence-corrected chi connectivity index (χ1v) is 10.3. The summed E-state index contributed by atoms with van der Waals surface area (Å²) in [6.45, 7) is 6.32. The fourth-order valence-electron chi connectivity index (χ4n) is 4.06. The van der Waals surface area contributed by atoms with Crippen LogP contribution in [0.5, 0.6) is 0 Å². The van der Waals surface area contributed by atoms with E-state index in [0.717, 1.165) is 27.8 Å². The van der Waals surface area contributed by atoms with Gasteiger partial charge >= 0.3 is 0 Å². The van der Waals surface area contributed by atoms with Crippen LogP contribution in [0.3, 0.4) is 0 Å². The van der Waals surface area contributed by atoms with Crippen LogP contribution < -0.4 is 0 Å². The normalized spacial score (nSPS) is 12.8. The van der Waals surface area contributed by atoms with Crippen LogP contribution in [0, 0.1) is 13.8 Å². The third kappa shape index (κ3) is 4.04. The van der Waals surface area contributed by atoms with Gasteiger partial charge in [-0.2, -0.15) is 0 Å². The maximum absolute atomic E-state index is 14.4. The molecule has 29 heavy (non-hydrogen) atoms. The Morgan fingerprint density at radius 3 is 1.83 bits per heavy atom. The molecule has 0 N–H and O–H groups in total. The Morgan fingerprint density at radius 2 is 1.34 bits per heavy atom. The summed E-state index contributed by atoms with van der Waals surface area (Å²) >= 11 is 0. The Balaban J connectivity index is 2.32. The highest BCUT2D eigenvalue weighted by Gasteiger charge is 2.44. The van der Waals surface area contributed by atoms with Crippen molar-refractivity contribution in [3.8, 4) is 0 Å². The van der Waals surface area contributed by atoms with Gasteiger partial charge in [0.2, 0.25) is 0 Å². The lowest BCUT2D eigenvalue weighted by atomic mass is 9.65. The summed E-state index contributed by atoms with van der Waals surface area (Å²) < 4.78 is 0. The molecule has 0 radical (unpaired) electrons. The van der Waals surface area contributed by atoms with E-state index >= 15 is 0 Å². The van der Waals surface area contributed by atoms with Gasteiger partial charge in [-0.1, -0.05) is 78.9 Å². The number of hydrogen-bond acceptors (Lipinski definition) is 2. The van der Waals surface area contributed by atoms with Crippen LogP contribution in [0.15, 0.2) is 78.9 Å². The van der Waals surface area contributed by atoms with Crippen LogP contribution in [0.4, 0.5) is 0 Å². The second kappa shape index (κ2) is 8.75. The molecule has 0 saturated carbocycles. The molecule has 0 aromatic heterocycles. The summed E-state index contributed by atoms with van der Waals surface area (Å²) in [4.78, 5) is 16.6. The van der Waals surface area contributed by atoms with Gasteiger partial charge < -0.3 is 4.90 Å². The van der Waals surface area contributed by atoms with Crippen molar-refractivity contribution in [2.75, 3.05) is 14.1 Å². The van der Waals surface area contributed by atoms with E-state index in [0.29, 0.717) is 6.42 Å². The van der Waals surface area contributed by atoms with E-state index < -0.39 is 5.41 Å². The first-order chi connectivity index (χ1) is 13.9. The zero-order valence-corrected chi connectivity index (χ0v) is 18.1. The van der Waals surface area contributed by atoms with Crippen molar-refractivity contribution < 1.29 is 4.79 Å². The van der Waals surface area contributed by atoms with Gasteiger partial charge in [0.05, 0.1) is 5.41 Å². The van der Waals surface area contributed by atoms with Crippen LogP contribution >= 0.6 is 0 Å². The highest BCUT2D eigenvalue weighted by molar-refractivity contribution is 6.07. The standard InChI is InChI=1S/C27H31NO/c1-20-13-12-18-25(22(20)3)26(29)27(19-21(2)28(4)5,23-14-8-6-9-15-23)24-16-10-7-11-17-24/h6-18,21H,19H2,1-5H3/t21-/m0/s1. The van der Waals surface area contributed by atoms with Gasteiger partial charge in [0.15, 0.2) is 5.78 Å². The van der Waals surface area contributed by atoms with Crippen LogP contribution in [0.2, 0.25) is 0 Å². The predicted octanol–water partition coefficient (Wildman–Crippen LogP) is 5.81. The Labute approximate surface area is 175 Å². The molecule has 3 rings (SSSR count). The molecule has 0 saturated heterocycles. The van der Waals surface area contributed by atoms with Gasteiger partial charge in [-0.3, -0.25) is 4.79 Å². The SMILES string of the molecule is Cc1cccc(C(=O)C(C[C@H](C)N(C)C)(c2ccccc2)c2ccccc2)c1C. The third-order valence-electron chi connectivity index (χ3n) is 6.25. The summed E-state index contributed by atoms with van der Waals surface area (Å²) in [5.74, 6) is 0.171. The smallest absolute Gasteiger partial charge is 0.178 e. The summed E-state index contributed by atoms with van der Waals surface area (Å²) in [7, 11) is 4.15. The number of benzene rings is 3. The van der Waals surface area contributed by atoms with E-state index in [4.69, 9.17) is 0 Å². The van der Waals surface area contributed by atoms with Crippen molar-refractivity contribution >= 4 is 5.78 Å². The second-order valence-corrected chi connectivity index (χ2v) is 8.23. The number of carbonyl (C=O) groups is 1. The van der Waals surface area contributed by atoms with Crippen molar-refractivity contribution in [3.05, 3.63) is 107 Å². The minimum absolute atomic E-state index is 0.171. The van der Waals surface area contributed by atoms with Crippen LogP contribution in [0.1, 0.15) is 46.0 Å². The van der Waals surface area contributed by atoms with Crippen molar-refractivity contribution in [2.24, 2.45) is 0 Å². The van der Waals surface area contributed by atoms with Gasteiger partial charge in [0.1, 0.15) is 0 Å².